The van der Waals surface area contributed by atoms with Crippen LogP contribution in [0, 0.1) is 6.92 Å². The molecule has 8 heteroatoms. The number of sulfonamides is 1. The number of amides is 1. The minimum atomic E-state index is -3.54. The molecule has 120 valence electrons. The van der Waals surface area contributed by atoms with E-state index < -0.39 is 15.9 Å². The Hall–Kier alpha value is -2.12. The van der Waals surface area contributed by atoms with E-state index in [4.69, 9.17) is 11.6 Å². The number of nitrogens with zero attached hydrogens (tertiary/aromatic N) is 2. The fourth-order valence-corrected chi connectivity index (χ4v) is 3.49. The number of nitrogens with one attached hydrogen (secondary N) is 1. The quantitative estimate of drug-likeness (QED) is 0.884. The summed E-state index contributed by atoms with van der Waals surface area (Å²) >= 11 is 6.04. The van der Waals surface area contributed by atoms with Crippen molar-refractivity contribution >= 4 is 39.1 Å². The molecule has 0 aliphatic carbocycles. The van der Waals surface area contributed by atoms with Gasteiger partial charge < -0.3 is 10.2 Å². The van der Waals surface area contributed by atoms with Gasteiger partial charge in [-0.1, -0.05) is 17.7 Å². The molecule has 0 bridgehead atoms. The summed E-state index contributed by atoms with van der Waals surface area (Å²) in [6, 6.07) is 5.19. The maximum absolute atomic E-state index is 12.5. The van der Waals surface area contributed by atoms with E-state index in [1.807, 2.05) is 0 Å². The van der Waals surface area contributed by atoms with Gasteiger partial charge >= 0.3 is 0 Å². The predicted octanol–water partition coefficient (Wildman–Crippen LogP) is 2.08. The number of carbonyl (C=O) groups excluding carboxylic acids is 1. The van der Waals surface area contributed by atoms with Crippen molar-refractivity contribution in [2.45, 2.75) is 6.92 Å². The van der Waals surface area contributed by atoms with Crippen LogP contribution in [0.5, 0.6) is 0 Å². The molecule has 3 rings (SSSR count). The van der Waals surface area contributed by atoms with Gasteiger partial charge in [-0.15, -0.1) is 4.40 Å². The highest BCUT2D eigenvalue weighted by Crippen LogP contribution is 2.24. The average Bonchev–Trinajstić information content (AvgIpc) is 2.50. The van der Waals surface area contributed by atoms with Gasteiger partial charge in [0.1, 0.15) is 0 Å². The summed E-state index contributed by atoms with van der Waals surface area (Å²) in [5.41, 5.74) is 1.52. The lowest BCUT2D eigenvalue weighted by Gasteiger charge is -2.28. The lowest BCUT2D eigenvalue weighted by atomic mass is 10.1. The van der Waals surface area contributed by atoms with Gasteiger partial charge in [0.25, 0.3) is 15.9 Å². The van der Waals surface area contributed by atoms with Gasteiger partial charge in [0.2, 0.25) is 0 Å². The molecule has 2 heterocycles. The molecule has 1 N–H and O–H groups in total. The summed E-state index contributed by atoms with van der Waals surface area (Å²) in [5.74, 6) is -0.347. The third kappa shape index (κ3) is 3.16. The van der Waals surface area contributed by atoms with Gasteiger partial charge in [-0.05, 0) is 36.8 Å². The Labute approximate surface area is 139 Å². The molecule has 0 saturated carbocycles. The molecule has 0 unspecified atom stereocenters. The summed E-state index contributed by atoms with van der Waals surface area (Å²) in [6.45, 7) is 2.07. The van der Waals surface area contributed by atoms with Crippen LogP contribution in [-0.4, -0.2) is 37.4 Å². The molecule has 0 radical (unpaired) electrons. The van der Waals surface area contributed by atoms with Crippen molar-refractivity contribution in [2.24, 2.45) is 4.40 Å². The zero-order chi connectivity index (χ0) is 16.6. The molecule has 6 nitrogen and oxygen atoms in total. The van der Waals surface area contributed by atoms with Gasteiger partial charge in [-0.2, -0.15) is 0 Å². The van der Waals surface area contributed by atoms with Gasteiger partial charge in [0.15, 0.2) is 5.84 Å². The summed E-state index contributed by atoms with van der Waals surface area (Å²) in [7, 11) is -3.54. The standard InChI is InChI=1S/C15H14ClN3O3S/c1-10-12(16)5-2-6-13(10)17-15(20)11-4-3-7-19-8-9-23(21,22)18-14(11)19/h2-7H,8-9H2,1H3,(H,17,20). The van der Waals surface area contributed by atoms with E-state index in [9.17, 15) is 13.2 Å². The number of allylic oxidation sites excluding steroid dienone is 2. The largest absolute Gasteiger partial charge is 0.331 e. The fraction of sp³-hybridized carbons (Fsp3) is 0.200. The molecular formula is C15H14ClN3O3S. The number of benzene rings is 1. The lowest BCUT2D eigenvalue weighted by Crippen LogP contribution is -2.40. The average molecular weight is 352 g/mol. The van der Waals surface area contributed by atoms with Crippen molar-refractivity contribution in [1.82, 2.24) is 4.90 Å². The molecular weight excluding hydrogens is 338 g/mol. The highest BCUT2D eigenvalue weighted by Gasteiger charge is 2.30. The summed E-state index contributed by atoms with van der Waals surface area (Å²) < 4.78 is 27.2. The maximum atomic E-state index is 12.5. The lowest BCUT2D eigenvalue weighted by molar-refractivity contribution is -0.112. The molecule has 23 heavy (non-hydrogen) atoms. The molecule has 2 aliphatic rings. The number of hydrogen-bond acceptors (Lipinski definition) is 4. The number of rotatable bonds is 2. The number of halogens is 1. The predicted molar refractivity (Wildman–Crippen MR) is 90.0 cm³/mol. The maximum Gasteiger partial charge on any atom is 0.259 e. The van der Waals surface area contributed by atoms with E-state index in [-0.39, 0.29) is 23.7 Å². The first kappa shape index (κ1) is 15.8. The van der Waals surface area contributed by atoms with Gasteiger partial charge in [0, 0.05) is 23.5 Å². The van der Waals surface area contributed by atoms with Crippen LogP contribution in [0.3, 0.4) is 0 Å². The fourth-order valence-electron chi connectivity index (χ4n) is 2.33. The number of hydrogen-bond donors (Lipinski definition) is 1. The molecule has 0 aromatic heterocycles. The van der Waals surface area contributed by atoms with E-state index in [0.29, 0.717) is 10.7 Å². The van der Waals surface area contributed by atoms with Crippen LogP contribution in [0.1, 0.15) is 5.56 Å². The monoisotopic (exact) mass is 351 g/mol. The Morgan fingerprint density at radius 2 is 2.17 bits per heavy atom. The van der Waals surface area contributed by atoms with Crippen LogP contribution in [0.2, 0.25) is 5.02 Å². The first-order valence-corrected chi connectivity index (χ1v) is 8.91. The van der Waals surface area contributed by atoms with Crippen molar-refractivity contribution in [3.63, 3.8) is 0 Å². The van der Waals surface area contributed by atoms with Crippen LogP contribution in [0.25, 0.3) is 0 Å². The second-order valence-corrected chi connectivity index (χ2v) is 7.34. The molecule has 2 aliphatic heterocycles. The van der Waals surface area contributed by atoms with Crippen molar-refractivity contribution < 1.29 is 13.2 Å². The normalized spacial score (nSPS) is 18.8. The summed E-state index contributed by atoms with van der Waals surface area (Å²) in [4.78, 5) is 14.2. The molecule has 1 aromatic carbocycles. The van der Waals surface area contributed by atoms with Crippen molar-refractivity contribution in [3.05, 3.63) is 52.7 Å². The van der Waals surface area contributed by atoms with Crippen molar-refractivity contribution in [3.8, 4) is 0 Å². The van der Waals surface area contributed by atoms with Crippen LogP contribution in [0.15, 0.2) is 46.5 Å². The summed E-state index contributed by atoms with van der Waals surface area (Å²) in [5, 5.41) is 3.29. The van der Waals surface area contributed by atoms with Crippen LogP contribution in [0.4, 0.5) is 5.69 Å². The van der Waals surface area contributed by atoms with Gasteiger partial charge in [-0.3, -0.25) is 4.79 Å². The first-order valence-electron chi connectivity index (χ1n) is 6.92. The second-order valence-electron chi connectivity index (χ2n) is 5.18. The van der Waals surface area contributed by atoms with E-state index >= 15 is 0 Å². The van der Waals surface area contributed by atoms with Gasteiger partial charge in [0.05, 0.1) is 11.3 Å². The third-order valence-electron chi connectivity index (χ3n) is 3.62. The van der Waals surface area contributed by atoms with E-state index in [2.05, 4.69) is 9.71 Å². The molecule has 1 amide bonds. The number of carbonyl (C=O) groups is 1. The highest BCUT2D eigenvalue weighted by atomic mass is 35.5. The molecule has 0 saturated heterocycles. The Kier molecular flexibility index (Phi) is 3.99. The Bertz CT molecular complexity index is 872. The Balaban J connectivity index is 1.93. The Morgan fingerprint density at radius 1 is 1.39 bits per heavy atom. The number of amidine groups is 1. The number of anilines is 1. The highest BCUT2D eigenvalue weighted by molar-refractivity contribution is 7.90. The SMILES string of the molecule is Cc1c(Cl)cccc1NC(=O)C1=CC=CN2CCS(=O)(=O)N=C12. The van der Waals surface area contributed by atoms with Crippen LogP contribution < -0.4 is 5.32 Å². The minimum Gasteiger partial charge on any atom is -0.331 e. The molecule has 0 spiro atoms. The van der Waals surface area contributed by atoms with E-state index in [1.54, 1.807) is 48.4 Å². The van der Waals surface area contributed by atoms with Crippen molar-refractivity contribution in [2.75, 3.05) is 17.6 Å². The topological polar surface area (TPSA) is 78.8 Å². The zero-order valence-corrected chi connectivity index (χ0v) is 13.9. The summed E-state index contributed by atoms with van der Waals surface area (Å²) in [6.07, 6.45) is 4.94. The first-order chi connectivity index (χ1) is 10.9. The molecule has 0 fully saturated rings. The van der Waals surface area contributed by atoms with Gasteiger partial charge in [-0.25, -0.2) is 8.42 Å². The molecule has 0 atom stereocenters. The van der Waals surface area contributed by atoms with Crippen LogP contribution >= 0.6 is 11.6 Å². The molecule has 1 aromatic rings. The van der Waals surface area contributed by atoms with Crippen LogP contribution in [-0.2, 0) is 14.8 Å². The third-order valence-corrected chi connectivity index (χ3v) is 5.18. The zero-order valence-electron chi connectivity index (χ0n) is 12.3. The minimum absolute atomic E-state index is 0.0663. The smallest absolute Gasteiger partial charge is 0.259 e. The number of fused-ring (bicyclic) bond motifs is 1. The van der Waals surface area contributed by atoms with E-state index in [1.165, 1.54) is 0 Å². The second kappa shape index (κ2) is 5.82. The van der Waals surface area contributed by atoms with Crippen molar-refractivity contribution in [1.29, 1.82) is 0 Å². The van der Waals surface area contributed by atoms with E-state index in [0.717, 1.165) is 5.56 Å². The Morgan fingerprint density at radius 3 is 2.96 bits per heavy atom.